The number of nitrogens with two attached hydrogens (primary N) is 1. The highest BCUT2D eigenvalue weighted by atomic mass is 16.2. The molecule has 23 heavy (non-hydrogen) atoms. The Morgan fingerprint density at radius 3 is 2.78 bits per heavy atom. The van der Waals surface area contributed by atoms with Gasteiger partial charge in [-0.2, -0.15) is 0 Å². The number of nitrogen functional groups attached to an aromatic ring is 1. The molecule has 3 rings (SSSR count). The first-order valence-electron chi connectivity index (χ1n) is 8.83. The summed E-state index contributed by atoms with van der Waals surface area (Å²) in [6.07, 6.45) is 6.14. The zero-order valence-corrected chi connectivity index (χ0v) is 14.1. The second-order valence-corrected chi connectivity index (χ2v) is 7.17. The normalized spacial score (nSPS) is 23.9. The summed E-state index contributed by atoms with van der Waals surface area (Å²) in [5, 5.41) is 0. The average Bonchev–Trinajstić information content (AvgIpc) is 2.55. The van der Waals surface area contributed by atoms with Crippen LogP contribution < -0.4 is 5.73 Å². The van der Waals surface area contributed by atoms with E-state index in [1.165, 1.54) is 12.0 Å². The number of hydrogen-bond acceptors (Lipinski definition) is 4. The quantitative estimate of drug-likeness (QED) is 0.928. The van der Waals surface area contributed by atoms with Gasteiger partial charge in [-0.3, -0.25) is 9.69 Å². The Balaban J connectivity index is 1.49. The molecule has 2 saturated heterocycles. The van der Waals surface area contributed by atoms with Crippen molar-refractivity contribution in [1.82, 2.24) is 14.8 Å². The lowest BCUT2D eigenvalue weighted by Gasteiger charge is -2.37. The van der Waals surface area contributed by atoms with E-state index in [0.29, 0.717) is 17.6 Å². The molecule has 1 unspecified atom stereocenters. The standard InChI is InChI=1S/C18H28N4O/c1-14-3-2-8-22(12-14)18(23)16-5-9-21(10-6-16)13-15-4-7-20-17(19)11-15/h4,7,11,14,16H,2-3,5-6,8-10,12-13H2,1H3,(H2,19,20). The summed E-state index contributed by atoms with van der Waals surface area (Å²) >= 11 is 0. The molecular weight excluding hydrogens is 288 g/mol. The fourth-order valence-electron chi connectivity index (χ4n) is 3.84. The Morgan fingerprint density at radius 1 is 1.30 bits per heavy atom. The van der Waals surface area contributed by atoms with Crippen molar-refractivity contribution in [2.75, 3.05) is 31.9 Å². The van der Waals surface area contributed by atoms with Crippen LogP contribution in [0.5, 0.6) is 0 Å². The van der Waals surface area contributed by atoms with E-state index in [1.807, 2.05) is 12.1 Å². The van der Waals surface area contributed by atoms with Crippen LogP contribution in [0.1, 0.15) is 38.2 Å². The maximum atomic E-state index is 12.7. The maximum Gasteiger partial charge on any atom is 0.225 e. The Hall–Kier alpha value is -1.62. The number of anilines is 1. The van der Waals surface area contributed by atoms with Crippen molar-refractivity contribution in [3.63, 3.8) is 0 Å². The van der Waals surface area contributed by atoms with Gasteiger partial charge in [-0.1, -0.05) is 6.92 Å². The van der Waals surface area contributed by atoms with E-state index in [0.717, 1.165) is 52.0 Å². The number of hydrogen-bond donors (Lipinski definition) is 1. The summed E-state index contributed by atoms with van der Waals surface area (Å²) in [6, 6.07) is 3.95. The first kappa shape index (κ1) is 16.2. The molecule has 1 amide bonds. The van der Waals surface area contributed by atoms with E-state index in [1.54, 1.807) is 6.20 Å². The van der Waals surface area contributed by atoms with E-state index < -0.39 is 0 Å². The highest BCUT2D eigenvalue weighted by Gasteiger charge is 2.30. The minimum atomic E-state index is 0.221. The third-order valence-electron chi connectivity index (χ3n) is 5.16. The average molecular weight is 316 g/mol. The van der Waals surface area contributed by atoms with E-state index in [-0.39, 0.29) is 5.92 Å². The molecule has 0 aliphatic carbocycles. The summed E-state index contributed by atoms with van der Waals surface area (Å²) in [5.74, 6) is 1.85. The summed E-state index contributed by atoms with van der Waals surface area (Å²) in [5.41, 5.74) is 6.94. The molecule has 2 aliphatic rings. The van der Waals surface area contributed by atoms with Crippen molar-refractivity contribution in [3.05, 3.63) is 23.9 Å². The van der Waals surface area contributed by atoms with Gasteiger partial charge in [0.1, 0.15) is 5.82 Å². The SMILES string of the molecule is CC1CCCN(C(=O)C2CCN(Cc3ccnc(N)c3)CC2)C1. The lowest BCUT2D eigenvalue weighted by Crippen LogP contribution is -2.45. The lowest BCUT2D eigenvalue weighted by atomic mass is 9.92. The predicted molar refractivity (Wildman–Crippen MR) is 91.6 cm³/mol. The minimum absolute atomic E-state index is 0.221. The van der Waals surface area contributed by atoms with Crippen molar-refractivity contribution in [1.29, 1.82) is 0 Å². The van der Waals surface area contributed by atoms with Gasteiger partial charge in [0.15, 0.2) is 0 Å². The van der Waals surface area contributed by atoms with Gasteiger partial charge >= 0.3 is 0 Å². The first-order chi connectivity index (χ1) is 11.1. The van der Waals surface area contributed by atoms with Crippen LogP contribution in [0.25, 0.3) is 0 Å². The molecule has 0 saturated carbocycles. The largest absolute Gasteiger partial charge is 0.384 e. The highest BCUT2D eigenvalue weighted by Crippen LogP contribution is 2.24. The molecule has 2 aliphatic heterocycles. The van der Waals surface area contributed by atoms with Gasteiger partial charge in [0, 0.05) is 31.7 Å². The summed E-state index contributed by atoms with van der Waals surface area (Å²) < 4.78 is 0. The second-order valence-electron chi connectivity index (χ2n) is 7.17. The zero-order chi connectivity index (χ0) is 16.2. The highest BCUT2D eigenvalue weighted by molar-refractivity contribution is 5.79. The number of rotatable bonds is 3. The Labute approximate surface area is 138 Å². The molecular formula is C18H28N4O. The third kappa shape index (κ3) is 4.22. The molecule has 126 valence electrons. The third-order valence-corrected chi connectivity index (χ3v) is 5.16. The van der Waals surface area contributed by atoms with Crippen LogP contribution in [-0.4, -0.2) is 46.9 Å². The first-order valence-corrected chi connectivity index (χ1v) is 8.83. The molecule has 2 fully saturated rings. The molecule has 1 atom stereocenters. The molecule has 0 radical (unpaired) electrons. The summed E-state index contributed by atoms with van der Waals surface area (Å²) in [6.45, 7) is 7.04. The van der Waals surface area contributed by atoms with Gasteiger partial charge in [-0.05, 0) is 62.4 Å². The zero-order valence-electron chi connectivity index (χ0n) is 14.1. The van der Waals surface area contributed by atoms with Gasteiger partial charge in [0.05, 0.1) is 0 Å². The van der Waals surface area contributed by atoms with Crippen molar-refractivity contribution < 1.29 is 4.79 Å². The topological polar surface area (TPSA) is 62.5 Å². The molecule has 2 N–H and O–H groups in total. The van der Waals surface area contributed by atoms with E-state index in [2.05, 4.69) is 21.7 Å². The number of nitrogens with zero attached hydrogens (tertiary/aromatic N) is 3. The van der Waals surface area contributed by atoms with Crippen molar-refractivity contribution in [3.8, 4) is 0 Å². The second kappa shape index (κ2) is 7.30. The van der Waals surface area contributed by atoms with Gasteiger partial charge in [0.2, 0.25) is 5.91 Å². The van der Waals surface area contributed by atoms with E-state index >= 15 is 0 Å². The molecule has 3 heterocycles. The Kier molecular flexibility index (Phi) is 5.16. The van der Waals surface area contributed by atoms with Crippen molar-refractivity contribution >= 4 is 11.7 Å². The molecule has 0 bridgehead atoms. The number of carbonyl (C=O) groups excluding carboxylic acids is 1. The molecule has 0 spiro atoms. The van der Waals surface area contributed by atoms with Crippen LogP contribution in [0, 0.1) is 11.8 Å². The number of aromatic nitrogens is 1. The summed E-state index contributed by atoms with van der Waals surface area (Å²) in [4.78, 5) is 21.2. The lowest BCUT2D eigenvalue weighted by molar-refractivity contribution is -0.138. The minimum Gasteiger partial charge on any atom is -0.384 e. The van der Waals surface area contributed by atoms with Gasteiger partial charge < -0.3 is 10.6 Å². The number of likely N-dealkylation sites (tertiary alicyclic amines) is 2. The predicted octanol–water partition coefficient (Wildman–Crippen LogP) is 2.13. The van der Waals surface area contributed by atoms with Crippen LogP contribution in [-0.2, 0) is 11.3 Å². The maximum absolute atomic E-state index is 12.7. The van der Waals surface area contributed by atoms with E-state index in [9.17, 15) is 4.79 Å². The summed E-state index contributed by atoms with van der Waals surface area (Å²) in [7, 11) is 0. The van der Waals surface area contributed by atoms with Crippen LogP contribution in [0.4, 0.5) is 5.82 Å². The van der Waals surface area contributed by atoms with Crippen molar-refractivity contribution in [2.45, 2.75) is 39.2 Å². The van der Waals surface area contributed by atoms with Gasteiger partial charge in [-0.15, -0.1) is 0 Å². The fraction of sp³-hybridized carbons (Fsp3) is 0.667. The fourth-order valence-corrected chi connectivity index (χ4v) is 3.84. The molecule has 1 aromatic heterocycles. The number of pyridine rings is 1. The van der Waals surface area contributed by atoms with E-state index in [4.69, 9.17) is 5.73 Å². The van der Waals surface area contributed by atoms with Gasteiger partial charge in [0.25, 0.3) is 0 Å². The number of amides is 1. The number of carbonyl (C=O) groups is 1. The van der Waals surface area contributed by atoms with Crippen LogP contribution in [0.2, 0.25) is 0 Å². The van der Waals surface area contributed by atoms with Gasteiger partial charge in [-0.25, -0.2) is 4.98 Å². The molecule has 5 nitrogen and oxygen atoms in total. The molecule has 0 aromatic carbocycles. The smallest absolute Gasteiger partial charge is 0.225 e. The van der Waals surface area contributed by atoms with Crippen LogP contribution >= 0.6 is 0 Å². The van der Waals surface area contributed by atoms with Crippen molar-refractivity contribution in [2.24, 2.45) is 11.8 Å². The van der Waals surface area contributed by atoms with Crippen LogP contribution in [0.15, 0.2) is 18.3 Å². The molecule has 5 heteroatoms. The van der Waals surface area contributed by atoms with Crippen LogP contribution in [0.3, 0.4) is 0 Å². The monoisotopic (exact) mass is 316 g/mol. The Bertz CT molecular complexity index is 540. The molecule has 1 aromatic rings. The number of piperidine rings is 2. The Morgan fingerprint density at radius 2 is 2.09 bits per heavy atom.